The molecule has 114 valence electrons. The fourth-order valence-corrected chi connectivity index (χ4v) is 4.97. The lowest BCUT2D eigenvalue weighted by atomic mass is 10.00. The van der Waals surface area contributed by atoms with Crippen LogP contribution in [0.25, 0.3) is 0 Å². The van der Waals surface area contributed by atoms with Crippen LogP contribution >= 0.6 is 11.3 Å². The quantitative estimate of drug-likeness (QED) is 0.810. The van der Waals surface area contributed by atoms with E-state index in [1.807, 2.05) is 26.2 Å². The van der Waals surface area contributed by atoms with Crippen molar-refractivity contribution in [3.05, 3.63) is 22.4 Å². The smallest absolute Gasteiger partial charge is 0.216 e. The Bertz CT molecular complexity index is 511. The largest absolute Gasteiger partial charge is 0.378 e. The number of rotatable bonds is 6. The van der Waals surface area contributed by atoms with Gasteiger partial charge in [0.1, 0.15) is 0 Å². The SMILES string of the molecule is CC(C)OCCS(=O)(=O)N1CC(c2ccsc2)CC1C. The Morgan fingerprint density at radius 1 is 1.50 bits per heavy atom. The van der Waals surface area contributed by atoms with Gasteiger partial charge in [-0.25, -0.2) is 8.42 Å². The second kappa shape index (κ2) is 6.56. The fourth-order valence-electron chi connectivity index (χ4n) is 2.64. The van der Waals surface area contributed by atoms with E-state index in [1.165, 1.54) is 5.56 Å². The fraction of sp³-hybridized carbons (Fsp3) is 0.714. The lowest BCUT2D eigenvalue weighted by Crippen LogP contribution is -2.37. The lowest BCUT2D eigenvalue weighted by Gasteiger charge is -2.21. The molecule has 1 fully saturated rings. The molecule has 1 aromatic rings. The molecule has 0 saturated carbocycles. The summed E-state index contributed by atoms with van der Waals surface area (Å²) in [6.07, 6.45) is 0.973. The lowest BCUT2D eigenvalue weighted by molar-refractivity contribution is 0.0906. The van der Waals surface area contributed by atoms with Crippen LogP contribution in [0, 0.1) is 0 Å². The standard InChI is InChI=1S/C14H23NO3S2/c1-11(2)18-5-7-20(16,17)15-9-14(8-12(15)3)13-4-6-19-10-13/h4,6,10-12,14H,5,7-9H2,1-3H3. The van der Waals surface area contributed by atoms with E-state index in [0.29, 0.717) is 12.5 Å². The first kappa shape index (κ1) is 15.9. The first-order valence-electron chi connectivity index (χ1n) is 7.03. The normalized spacial score (nSPS) is 24.6. The van der Waals surface area contributed by atoms with Crippen molar-refractivity contribution in [1.29, 1.82) is 0 Å². The molecule has 4 nitrogen and oxygen atoms in total. The van der Waals surface area contributed by atoms with Gasteiger partial charge in [-0.15, -0.1) is 0 Å². The zero-order chi connectivity index (χ0) is 14.8. The van der Waals surface area contributed by atoms with E-state index in [0.717, 1.165) is 6.42 Å². The summed E-state index contributed by atoms with van der Waals surface area (Å²) in [5, 5.41) is 4.17. The van der Waals surface area contributed by atoms with Gasteiger partial charge in [0.05, 0.1) is 18.5 Å². The summed E-state index contributed by atoms with van der Waals surface area (Å²) in [6, 6.07) is 2.17. The molecule has 0 amide bonds. The zero-order valence-electron chi connectivity index (χ0n) is 12.3. The Morgan fingerprint density at radius 2 is 2.25 bits per heavy atom. The van der Waals surface area contributed by atoms with E-state index in [1.54, 1.807) is 15.6 Å². The highest BCUT2D eigenvalue weighted by atomic mass is 32.2. The summed E-state index contributed by atoms with van der Waals surface area (Å²) in [5.41, 5.74) is 1.26. The molecule has 0 N–H and O–H groups in total. The molecular formula is C14H23NO3S2. The number of hydrogen-bond donors (Lipinski definition) is 0. The van der Waals surface area contributed by atoms with Crippen molar-refractivity contribution in [2.24, 2.45) is 0 Å². The van der Waals surface area contributed by atoms with Gasteiger partial charge in [0, 0.05) is 18.5 Å². The predicted molar refractivity (Wildman–Crippen MR) is 82.7 cm³/mol. The number of hydrogen-bond acceptors (Lipinski definition) is 4. The van der Waals surface area contributed by atoms with E-state index in [2.05, 4.69) is 11.4 Å². The molecule has 1 saturated heterocycles. The maximum absolute atomic E-state index is 12.4. The molecule has 1 aromatic heterocycles. The van der Waals surface area contributed by atoms with Crippen LogP contribution in [0.1, 0.15) is 38.7 Å². The first-order chi connectivity index (χ1) is 9.40. The van der Waals surface area contributed by atoms with Crippen molar-refractivity contribution < 1.29 is 13.2 Å². The summed E-state index contributed by atoms with van der Waals surface area (Å²) in [6.45, 7) is 6.69. The van der Waals surface area contributed by atoms with Crippen LogP contribution < -0.4 is 0 Å². The van der Waals surface area contributed by atoms with Crippen LogP contribution in [0.3, 0.4) is 0 Å². The molecule has 2 rings (SSSR count). The average Bonchev–Trinajstić information content (AvgIpc) is 2.96. The molecule has 1 aliphatic rings. The van der Waals surface area contributed by atoms with Crippen molar-refractivity contribution in [2.45, 2.75) is 45.3 Å². The van der Waals surface area contributed by atoms with Gasteiger partial charge in [0.25, 0.3) is 0 Å². The molecule has 20 heavy (non-hydrogen) atoms. The van der Waals surface area contributed by atoms with Crippen LogP contribution in [-0.4, -0.2) is 43.8 Å². The van der Waals surface area contributed by atoms with Crippen LogP contribution in [0.15, 0.2) is 16.8 Å². The molecule has 0 radical (unpaired) electrons. The molecule has 0 spiro atoms. The average molecular weight is 317 g/mol. The minimum atomic E-state index is -3.22. The maximum atomic E-state index is 12.4. The number of thiophene rings is 1. The highest BCUT2D eigenvalue weighted by Gasteiger charge is 2.37. The maximum Gasteiger partial charge on any atom is 0.216 e. The van der Waals surface area contributed by atoms with Crippen LogP contribution in [0.5, 0.6) is 0 Å². The number of ether oxygens (including phenoxy) is 1. The third kappa shape index (κ3) is 3.81. The van der Waals surface area contributed by atoms with Gasteiger partial charge in [-0.3, -0.25) is 0 Å². The van der Waals surface area contributed by atoms with E-state index in [4.69, 9.17) is 4.74 Å². The Labute approximate surface area is 125 Å². The summed E-state index contributed by atoms with van der Waals surface area (Å²) in [7, 11) is -3.22. The molecule has 1 aliphatic heterocycles. The van der Waals surface area contributed by atoms with Crippen LogP contribution in [0.2, 0.25) is 0 Å². The van der Waals surface area contributed by atoms with Gasteiger partial charge in [-0.2, -0.15) is 15.6 Å². The Kier molecular flexibility index (Phi) is 5.23. The topological polar surface area (TPSA) is 46.6 Å². The van der Waals surface area contributed by atoms with E-state index < -0.39 is 10.0 Å². The summed E-state index contributed by atoms with van der Waals surface area (Å²) in [4.78, 5) is 0. The van der Waals surface area contributed by atoms with Crippen molar-refractivity contribution in [3.8, 4) is 0 Å². The third-order valence-electron chi connectivity index (χ3n) is 3.68. The van der Waals surface area contributed by atoms with Gasteiger partial charge < -0.3 is 4.74 Å². The summed E-state index contributed by atoms with van der Waals surface area (Å²) >= 11 is 1.67. The van der Waals surface area contributed by atoms with Gasteiger partial charge >= 0.3 is 0 Å². The third-order valence-corrected chi connectivity index (χ3v) is 6.29. The van der Waals surface area contributed by atoms with Gasteiger partial charge in [0.2, 0.25) is 10.0 Å². The second-order valence-electron chi connectivity index (χ2n) is 5.64. The van der Waals surface area contributed by atoms with E-state index in [-0.39, 0.29) is 24.5 Å². The van der Waals surface area contributed by atoms with Gasteiger partial charge in [-0.1, -0.05) is 0 Å². The van der Waals surface area contributed by atoms with Crippen molar-refractivity contribution in [2.75, 3.05) is 18.9 Å². The molecule has 0 aliphatic carbocycles. The first-order valence-corrected chi connectivity index (χ1v) is 9.58. The Morgan fingerprint density at radius 3 is 2.85 bits per heavy atom. The van der Waals surface area contributed by atoms with Gasteiger partial charge in [-0.05, 0) is 49.6 Å². The van der Waals surface area contributed by atoms with Crippen LogP contribution in [0.4, 0.5) is 0 Å². The van der Waals surface area contributed by atoms with E-state index >= 15 is 0 Å². The minimum absolute atomic E-state index is 0.0692. The molecule has 0 bridgehead atoms. The van der Waals surface area contributed by atoms with Crippen molar-refractivity contribution in [1.82, 2.24) is 4.31 Å². The van der Waals surface area contributed by atoms with E-state index in [9.17, 15) is 8.42 Å². The number of nitrogens with zero attached hydrogens (tertiary/aromatic N) is 1. The van der Waals surface area contributed by atoms with Crippen molar-refractivity contribution in [3.63, 3.8) is 0 Å². The van der Waals surface area contributed by atoms with Gasteiger partial charge in [0.15, 0.2) is 0 Å². The molecule has 2 heterocycles. The Hall–Kier alpha value is -0.430. The molecule has 0 aromatic carbocycles. The monoisotopic (exact) mass is 317 g/mol. The highest BCUT2D eigenvalue weighted by Crippen LogP contribution is 2.34. The zero-order valence-corrected chi connectivity index (χ0v) is 13.9. The predicted octanol–water partition coefficient (Wildman–Crippen LogP) is 2.68. The molecule has 2 unspecified atom stereocenters. The molecular weight excluding hydrogens is 294 g/mol. The highest BCUT2D eigenvalue weighted by molar-refractivity contribution is 7.89. The molecule has 2 atom stereocenters. The van der Waals surface area contributed by atoms with Crippen LogP contribution in [-0.2, 0) is 14.8 Å². The molecule has 6 heteroatoms. The number of sulfonamides is 1. The minimum Gasteiger partial charge on any atom is -0.378 e. The van der Waals surface area contributed by atoms with Crippen molar-refractivity contribution >= 4 is 21.4 Å². The second-order valence-corrected chi connectivity index (χ2v) is 8.46. The summed E-state index contributed by atoms with van der Waals surface area (Å²) in [5.74, 6) is 0.406. The summed E-state index contributed by atoms with van der Waals surface area (Å²) < 4.78 is 31.8. The Balaban J connectivity index is 1.98.